The third-order valence-corrected chi connectivity index (χ3v) is 7.77. The highest BCUT2D eigenvalue weighted by atomic mass is 32.1. The lowest BCUT2D eigenvalue weighted by atomic mass is 10.2. The van der Waals surface area contributed by atoms with Crippen molar-refractivity contribution < 1.29 is 14.3 Å². The van der Waals surface area contributed by atoms with Crippen molar-refractivity contribution in [3.63, 3.8) is 0 Å². The number of nitrogens with one attached hydrogen (secondary N) is 3. The maximum Gasteiger partial charge on any atom is 0.265 e. The summed E-state index contributed by atoms with van der Waals surface area (Å²) in [4.78, 5) is 26.9. The number of hydrogen-bond acceptors (Lipinski definition) is 6. The lowest BCUT2D eigenvalue weighted by Crippen LogP contribution is -2.22. The molecular formula is C29H25N3O3S2. The zero-order chi connectivity index (χ0) is 25.6. The van der Waals surface area contributed by atoms with E-state index in [1.165, 1.54) is 22.7 Å². The van der Waals surface area contributed by atoms with Crippen LogP contribution in [-0.2, 0) is 13.2 Å². The van der Waals surface area contributed by atoms with Crippen molar-refractivity contribution in [2.45, 2.75) is 13.2 Å². The van der Waals surface area contributed by atoms with Gasteiger partial charge in [0.1, 0.15) is 11.5 Å². The minimum absolute atomic E-state index is 0.150. The summed E-state index contributed by atoms with van der Waals surface area (Å²) in [7, 11) is 1.86. The quantitative estimate of drug-likeness (QED) is 0.198. The van der Waals surface area contributed by atoms with Crippen LogP contribution in [0.1, 0.15) is 30.5 Å². The molecule has 0 unspecified atom stereocenters. The van der Waals surface area contributed by atoms with Crippen LogP contribution in [0.15, 0.2) is 90.3 Å². The Balaban J connectivity index is 1.33. The zero-order valence-corrected chi connectivity index (χ0v) is 21.7. The van der Waals surface area contributed by atoms with Gasteiger partial charge >= 0.3 is 0 Å². The first-order chi connectivity index (χ1) is 18.1. The van der Waals surface area contributed by atoms with Gasteiger partial charge in [0.25, 0.3) is 11.8 Å². The van der Waals surface area contributed by atoms with Crippen molar-refractivity contribution in [1.29, 1.82) is 0 Å². The normalized spacial score (nSPS) is 10.7. The molecule has 2 amide bonds. The van der Waals surface area contributed by atoms with Gasteiger partial charge in [0.05, 0.1) is 4.88 Å². The van der Waals surface area contributed by atoms with Gasteiger partial charge in [-0.05, 0) is 52.9 Å². The van der Waals surface area contributed by atoms with Crippen LogP contribution in [-0.4, -0.2) is 18.9 Å². The van der Waals surface area contributed by atoms with Crippen LogP contribution in [0.4, 0.5) is 11.4 Å². The Labute approximate surface area is 222 Å². The molecule has 3 aromatic carbocycles. The topological polar surface area (TPSA) is 79.5 Å². The molecule has 0 bridgehead atoms. The molecular weight excluding hydrogens is 502 g/mol. The number of ether oxygens (including phenoxy) is 1. The maximum atomic E-state index is 13.3. The first-order valence-corrected chi connectivity index (χ1v) is 13.4. The summed E-state index contributed by atoms with van der Waals surface area (Å²) in [6.07, 6.45) is 0. The summed E-state index contributed by atoms with van der Waals surface area (Å²) in [6.45, 7) is 0.679. The van der Waals surface area contributed by atoms with Gasteiger partial charge in [-0.3, -0.25) is 9.59 Å². The van der Waals surface area contributed by atoms with Gasteiger partial charge in [0.15, 0.2) is 5.75 Å². The molecule has 8 heteroatoms. The van der Waals surface area contributed by atoms with Crippen LogP contribution >= 0.6 is 22.7 Å². The van der Waals surface area contributed by atoms with Crippen molar-refractivity contribution >= 4 is 55.9 Å². The first kappa shape index (κ1) is 24.5. The molecule has 6 nitrogen and oxygen atoms in total. The first-order valence-electron chi connectivity index (χ1n) is 11.7. The lowest BCUT2D eigenvalue weighted by molar-refractivity contribution is 0.0950. The van der Waals surface area contributed by atoms with Crippen LogP contribution in [0.2, 0.25) is 0 Å². The Morgan fingerprint density at radius 1 is 0.838 bits per heavy atom. The van der Waals surface area contributed by atoms with E-state index in [4.69, 9.17) is 4.74 Å². The fourth-order valence-corrected chi connectivity index (χ4v) is 5.54. The smallest absolute Gasteiger partial charge is 0.265 e. The number of rotatable bonds is 9. The highest BCUT2D eigenvalue weighted by molar-refractivity contribution is 7.21. The second-order valence-corrected chi connectivity index (χ2v) is 10.3. The number of benzene rings is 3. The van der Waals surface area contributed by atoms with E-state index in [0.29, 0.717) is 34.3 Å². The van der Waals surface area contributed by atoms with E-state index in [1.54, 1.807) is 6.07 Å². The van der Waals surface area contributed by atoms with Crippen molar-refractivity contribution in [3.05, 3.63) is 111 Å². The van der Waals surface area contributed by atoms with Crippen molar-refractivity contribution in [1.82, 2.24) is 5.32 Å². The molecule has 5 aromatic rings. The second-order valence-electron chi connectivity index (χ2n) is 8.31. The van der Waals surface area contributed by atoms with Gasteiger partial charge in [-0.25, -0.2) is 0 Å². The van der Waals surface area contributed by atoms with Crippen LogP contribution in [0, 0.1) is 0 Å². The molecule has 2 heterocycles. The third-order valence-electron chi connectivity index (χ3n) is 5.75. The molecule has 186 valence electrons. The molecule has 0 spiro atoms. The minimum atomic E-state index is -0.205. The molecule has 37 heavy (non-hydrogen) atoms. The Hall–Kier alpha value is -4.14. The predicted octanol–water partition coefficient (Wildman–Crippen LogP) is 6.77. The third kappa shape index (κ3) is 5.82. The molecule has 0 aliphatic rings. The molecule has 2 aromatic heterocycles. The molecule has 0 fully saturated rings. The summed E-state index contributed by atoms with van der Waals surface area (Å²) in [5.41, 5.74) is 3.53. The predicted molar refractivity (Wildman–Crippen MR) is 152 cm³/mol. The Morgan fingerprint density at radius 2 is 1.68 bits per heavy atom. The number of carbonyl (C=O) groups is 2. The van der Waals surface area contributed by atoms with Gasteiger partial charge in [-0.15, -0.1) is 22.7 Å². The minimum Gasteiger partial charge on any atom is -0.487 e. The van der Waals surface area contributed by atoms with Gasteiger partial charge in [-0.1, -0.05) is 48.5 Å². The number of carbonyl (C=O) groups excluding carboxylic acids is 2. The number of hydrogen-bond donors (Lipinski definition) is 3. The number of amides is 2. The van der Waals surface area contributed by atoms with Gasteiger partial charge in [0, 0.05) is 35.1 Å². The van der Waals surface area contributed by atoms with Crippen LogP contribution < -0.4 is 20.7 Å². The van der Waals surface area contributed by atoms with E-state index < -0.39 is 0 Å². The largest absolute Gasteiger partial charge is 0.487 e. The Bertz CT molecular complexity index is 1530. The molecule has 0 saturated carbocycles. The monoisotopic (exact) mass is 527 g/mol. The number of thiophene rings is 2. The van der Waals surface area contributed by atoms with Gasteiger partial charge in [-0.2, -0.15) is 0 Å². The van der Waals surface area contributed by atoms with Crippen LogP contribution in [0.3, 0.4) is 0 Å². The summed E-state index contributed by atoms with van der Waals surface area (Å²) in [5, 5.41) is 11.8. The van der Waals surface area contributed by atoms with E-state index in [-0.39, 0.29) is 11.8 Å². The van der Waals surface area contributed by atoms with Gasteiger partial charge < -0.3 is 20.7 Å². The SMILES string of the molecule is CNc1ccc2sc(C(=O)NCc3cccc(NC(=O)c4cccs4)c3)c(OCc3ccccc3)c2c1. The summed E-state index contributed by atoms with van der Waals surface area (Å²) >= 11 is 2.80. The molecule has 0 aliphatic carbocycles. The van der Waals surface area contributed by atoms with E-state index >= 15 is 0 Å². The summed E-state index contributed by atoms with van der Waals surface area (Å²) < 4.78 is 7.20. The van der Waals surface area contributed by atoms with E-state index in [2.05, 4.69) is 16.0 Å². The fraction of sp³-hybridized carbons (Fsp3) is 0.103. The van der Waals surface area contributed by atoms with Crippen LogP contribution in [0.25, 0.3) is 10.1 Å². The fourth-order valence-electron chi connectivity index (χ4n) is 3.88. The Kier molecular flexibility index (Phi) is 7.49. The second kappa shape index (κ2) is 11.3. The highest BCUT2D eigenvalue weighted by Gasteiger charge is 2.20. The highest BCUT2D eigenvalue weighted by Crippen LogP contribution is 2.39. The molecule has 0 saturated heterocycles. The molecule has 0 atom stereocenters. The average Bonchev–Trinajstić information content (AvgIpc) is 3.60. The zero-order valence-electron chi connectivity index (χ0n) is 20.1. The van der Waals surface area contributed by atoms with Crippen LogP contribution in [0.5, 0.6) is 5.75 Å². The van der Waals surface area contributed by atoms with Crippen molar-refractivity contribution in [2.24, 2.45) is 0 Å². The molecule has 0 radical (unpaired) electrons. The van der Waals surface area contributed by atoms with E-state index in [9.17, 15) is 9.59 Å². The Morgan fingerprint density at radius 3 is 2.46 bits per heavy atom. The summed E-state index contributed by atoms with van der Waals surface area (Å²) in [6, 6.07) is 27.0. The van der Waals surface area contributed by atoms with Crippen molar-refractivity contribution in [3.8, 4) is 5.75 Å². The number of anilines is 2. The van der Waals surface area contributed by atoms with Gasteiger partial charge in [0.2, 0.25) is 0 Å². The van der Waals surface area contributed by atoms with E-state index in [1.807, 2.05) is 91.3 Å². The van der Waals surface area contributed by atoms with Crippen molar-refractivity contribution in [2.75, 3.05) is 17.7 Å². The van der Waals surface area contributed by atoms with E-state index in [0.717, 1.165) is 26.9 Å². The standard InChI is InChI=1S/C29H25N3O3S2/c1-30-21-12-13-24-23(16-21)26(35-18-19-7-3-2-4-8-19)27(37-24)29(34)31-17-20-9-5-10-22(15-20)32-28(33)25-11-6-14-36-25/h2-16,30H,17-18H2,1H3,(H,31,34)(H,32,33). The maximum absolute atomic E-state index is 13.3. The molecule has 3 N–H and O–H groups in total. The molecule has 0 aliphatic heterocycles. The number of fused-ring (bicyclic) bond motifs is 1. The average molecular weight is 528 g/mol. The lowest BCUT2D eigenvalue weighted by Gasteiger charge is -2.10. The molecule has 5 rings (SSSR count). The summed E-state index contributed by atoms with van der Waals surface area (Å²) in [5.74, 6) is 0.223.